The van der Waals surface area contributed by atoms with Crippen LogP contribution in [0, 0.1) is 0 Å². The first-order valence-corrected chi connectivity index (χ1v) is 9.05. The van der Waals surface area contributed by atoms with Crippen molar-refractivity contribution >= 4 is 29.1 Å². The summed E-state index contributed by atoms with van der Waals surface area (Å²) < 4.78 is 1.84. The summed E-state index contributed by atoms with van der Waals surface area (Å²) in [5.74, 6) is -0.149. The van der Waals surface area contributed by atoms with Crippen LogP contribution in [0.5, 0.6) is 0 Å². The molecule has 5 nitrogen and oxygen atoms in total. The van der Waals surface area contributed by atoms with Crippen molar-refractivity contribution in [3.05, 3.63) is 50.8 Å². The number of aliphatic hydroxyl groups is 1. The summed E-state index contributed by atoms with van der Waals surface area (Å²) >= 11 is 11.9. The van der Waals surface area contributed by atoms with E-state index in [0.29, 0.717) is 15.6 Å². The summed E-state index contributed by atoms with van der Waals surface area (Å²) in [6.45, 7) is 4.17. The van der Waals surface area contributed by atoms with E-state index in [4.69, 9.17) is 23.2 Å². The van der Waals surface area contributed by atoms with Gasteiger partial charge in [-0.15, -0.1) is 0 Å². The Labute approximate surface area is 157 Å². The smallest absolute Gasteiger partial charge is 0.224 e. The highest BCUT2D eigenvalue weighted by Crippen LogP contribution is 2.23. The zero-order valence-corrected chi connectivity index (χ0v) is 16.2. The molecule has 1 amide bonds. The lowest BCUT2D eigenvalue weighted by Crippen LogP contribution is -2.30. The van der Waals surface area contributed by atoms with E-state index in [9.17, 15) is 9.90 Å². The number of halogens is 2. The van der Waals surface area contributed by atoms with Crippen LogP contribution in [0.25, 0.3) is 0 Å². The standard InChI is InChI=1S/C18H23Cl2N3O2/c1-4-15-14(16(5-2)23(3)22-15)9-18(25)21-10-17(24)11-6-12(19)8-13(20)7-11/h6-8,17,24H,4-5,9-10H2,1-3H3,(H,21,25)/t17-/m0/s1. The lowest BCUT2D eigenvalue weighted by molar-refractivity contribution is -0.120. The van der Waals surface area contributed by atoms with E-state index < -0.39 is 6.10 Å². The molecule has 2 aromatic rings. The number of carbonyl (C=O) groups is 1. The Morgan fingerprint density at radius 2 is 1.88 bits per heavy atom. The van der Waals surface area contributed by atoms with Gasteiger partial charge < -0.3 is 10.4 Å². The van der Waals surface area contributed by atoms with E-state index in [2.05, 4.69) is 10.4 Å². The highest BCUT2D eigenvalue weighted by Gasteiger charge is 2.18. The van der Waals surface area contributed by atoms with Gasteiger partial charge in [-0.2, -0.15) is 5.10 Å². The van der Waals surface area contributed by atoms with Crippen LogP contribution < -0.4 is 5.32 Å². The molecule has 0 bridgehead atoms. The van der Waals surface area contributed by atoms with Gasteiger partial charge in [0.25, 0.3) is 0 Å². The van der Waals surface area contributed by atoms with Crippen molar-refractivity contribution in [2.24, 2.45) is 7.05 Å². The third-order valence-electron chi connectivity index (χ3n) is 4.13. The number of aromatic nitrogens is 2. The predicted octanol–water partition coefficient (Wildman–Crippen LogP) is 3.24. The number of nitrogens with one attached hydrogen (secondary N) is 1. The van der Waals surface area contributed by atoms with E-state index in [1.807, 2.05) is 25.6 Å². The number of aliphatic hydroxyl groups excluding tert-OH is 1. The second-order valence-corrected chi connectivity index (χ2v) is 6.77. The molecule has 7 heteroatoms. The number of rotatable bonds is 7. The minimum Gasteiger partial charge on any atom is -0.387 e. The summed E-state index contributed by atoms with van der Waals surface area (Å²) in [6.07, 6.45) is 0.976. The van der Waals surface area contributed by atoms with Crippen molar-refractivity contribution in [2.45, 2.75) is 39.2 Å². The zero-order valence-electron chi connectivity index (χ0n) is 14.6. The Bertz CT molecular complexity index is 739. The number of carbonyl (C=O) groups excluding carboxylic acids is 1. The van der Waals surface area contributed by atoms with Gasteiger partial charge in [0.2, 0.25) is 5.91 Å². The number of aryl methyl sites for hydroxylation is 2. The highest BCUT2D eigenvalue weighted by atomic mass is 35.5. The molecule has 0 aliphatic heterocycles. The normalized spacial score (nSPS) is 12.2. The van der Waals surface area contributed by atoms with Crippen LogP contribution in [0.4, 0.5) is 0 Å². The lowest BCUT2D eigenvalue weighted by atomic mass is 10.1. The fourth-order valence-electron chi connectivity index (χ4n) is 2.91. The van der Waals surface area contributed by atoms with Crippen LogP contribution in [-0.4, -0.2) is 27.3 Å². The third-order valence-corrected chi connectivity index (χ3v) is 4.56. The predicted molar refractivity (Wildman–Crippen MR) is 100 cm³/mol. The molecule has 0 saturated heterocycles. The highest BCUT2D eigenvalue weighted by molar-refractivity contribution is 6.34. The molecule has 25 heavy (non-hydrogen) atoms. The number of nitrogens with zero attached hydrogens (tertiary/aromatic N) is 2. The monoisotopic (exact) mass is 383 g/mol. The van der Waals surface area contributed by atoms with Crippen molar-refractivity contribution in [1.29, 1.82) is 0 Å². The first-order valence-electron chi connectivity index (χ1n) is 8.30. The van der Waals surface area contributed by atoms with Crippen molar-refractivity contribution in [1.82, 2.24) is 15.1 Å². The second kappa shape index (κ2) is 8.70. The van der Waals surface area contributed by atoms with E-state index in [1.54, 1.807) is 18.2 Å². The number of amides is 1. The Kier molecular flexibility index (Phi) is 6.87. The van der Waals surface area contributed by atoms with Crippen molar-refractivity contribution in [3.8, 4) is 0 Å². The van der Waals surface area contributed by atoms with Gasteiger partial charge in [-0.3, -0.25) is 9.48 Å². The van der Waals surface area contributed by atoms with Crippen LogP contribution >= 0.6 is 23.2 Å². The van der Waals surface area contributed by atoms with Gasteiger partial charge >= 0.3 is 0 Å². The molecule has 0 aliphatic carbocycles. The first-order chi connectivity index (χ1) is 11.8. The summed E-state index contributed by atoms with van der Waals surface area (Å²) in [7, 11) is 1.89. The Hall–Kier alpha value is -1.56. The zero-order chi connectivity index (χ0) is 18.6. The molecule has 1 heterocycles. The Balaban J connectivity index is 2.01. The summed E-state index contributed by atoms with van der Waals surface area (Å²) in [4.78, 5) is 12.3. The first kappa shape index (κ1) is 19.8. The maximum absolute atomic E-state index is 12.3. The van der Waals surface area contributed by atoms with E-state index in [0.717, 1.165) is 29.8 Å². The Morgan fingerprint density at radius 3 is 2.44 bits per heavy atom. The maximum Gasteiger partial charge on any atom is 0.224 e. The van der Waals surface area contributed by atoms with Crippen LogP contribution in [0.2, 0.25) is 10.0 Å². The van der Waals surface area contributed by atoms with Gasteiger partial charge in [0.05, 0.1) is 18.2 Å². The Morgan fingerprint density at radius 1 is 1.24 bits per heavy atom. The molecule has 2 N–H and O–H groups in total. The minimum absolute atomic E-state index is 0.0959. The molecule has 0 unspecified atom stereocenters. The van der Waals surface area contributed by atoms with Crippen LogP contribution in [-0.2, 0) is 31.1 Å². The molecular weight excluding hydrogens is 361 g/mol. The molecule has 1 atom stereocenters. The van der Waals surface area contributed by atoms with Crippen molar-refractivity contribution < 1.29 is 9.90 Å². The maximum atomic E-state index is 12.3. The second-order valence-electron chi connectivity index (χ2n) is 5.90. The molecule has 0 saturated carbocycles. The average molecular weight is 384 g/mol. The van der Waals surface area contributed by atoms with Crippen LogP contribution in [0.15, 0.2) is 18.2 Å². The molecule has 2 rings (SSSR count). The topological polar surface area (TPSA) is 67.2 Å². The summed E-state index contributed by atoms with van der Waals surface area (Å²) in [5.41, 5.74) is 3.55. The fourth-order valence-corrected chi connectivity index (χ4v) is 3.46. The van der Waals surface area contributed by atoms with Gasteiger partial charge in [-0.05, 0) is 36.6 Å². The van der Waals surface area contributed by atoms with E-state index in [1.165, 1.54) is 0 Å². The SMILES string of the molecule is CCc1nn(C)c(CC)c1CC(=O)NC[C@H](O)c1cc(Cl)cc(Cl)c1. The van der Waals surface area contributed by atoms with Crippen LogP contribution in [0.1, 0.15) is 42.5 Å². The fraction of sp³-hybridized carbons (Fsp3) is 0.444. The molecule has 0 radical (unpaired) electrons. The van der Waals surface area contributed by atoms with Crippen molar-refractivity contribution in [3.63, 3.8) is 0 Å². The van der Waals surface area contributed by atoms with Gasteiger partial charge in [-0.1, -0.05) is 37.0 Å². The molecule has 0 spiro atoms. The third kappa shape index (κ3) is 4.97. The largest absolute Gasteiger partial charge is 0.387 e. The molecular formula is C18H23Cl2N3O2. The van der Waals surface area contributed by atoms with E-state index >= 15 is 0 Å². The van der Waals surface area contributed by atoms with Gasteiger partial charge in [0, 0.05) is 34.9 Å². The van der Waals surface area contributed by atoms with Gasteiger partial charge in [0.1, 0.15) is 0 Å². The average Bonchev–Trinajstić information content (AvgIpc) is 2.86. The number of benzene rings is 1. The quantitative estimate of drug-likeness (QED) is 0.770. The van der Waals surface area contributed by atoms with E-state index in [-0.39, 0.29) is 18.9 Å². The van der Waals surface area contributed by atoms with Gasteiger partial charge in [-0.25, -0.2) is 0 Å². The molecule has 1 aromatic heterocycles. The summed E-state index contributed by atoms with van der Waals surface area (Å²) in [5, 5.41) is 18.4. The summed E-state index contributed by atoms with van der Waals surface area (Å²) in [6, 6.07) is 4.87. The van der Waals surface area contributed by atoms with Crippen molar-refractivity contribution in [2.75, 3.05) is 6.54 Å². The minimum atomic E-state index is -0.870. The molecule has 0 aliphatic rings. The van der Waals surface area contributed by atoms with Crippen LogP contribution in [0.3, 0.4) is 0 Å². The lowest BCUT2D eigenvalue weighted by Gasteiger charge is -2.13. The molecule has 1 aromatic carbocycles. The molecule has 136 valence electrons. The molecule has 0 fully saturated rings. The number of hydrogen-bond acceptors (Lipinski definition) is 3. The number of hydrogen-bond donors (Lipinski definition) is 2. The van der Waals surface area contributed by atoms with Gasteiger partial charge in [0.15, 0.2) is 0 Å².